The fourth-order valence-corrected chi connectivity index (χ4v) is 3.08. The van der Waals surface area contributed by atoms with Gasteiger partial charge in [0.15, 0.2) is 18.1 Å². The van der Waals surface area contributed by atoms with Crippen LogP contribution in [0.15, 0.2) is 60.7 Å². The molecule has 0 aliphatic rings. The van der Waals surface area contributed by atoms with E-state index in [0.29, 0.717) is 41.1 Å². The summed E-state index contributed by atoms with van der Waals surface area (Å²) >= 11 is 0. The van der Waals surface area contributed by atoms with Gasteiger partial charge in [0.2, 0.25) is 5.88 Å². The molecule has 4 aromatic rings. The number of carbonyl (C=O) groups excluding carboxylic acids is 1. The molecule has 33 heavy (non-hydrogen) atoms. The highest BCUT2D eigenvalue weighted by atomic mass is 16.5. The maximum atomic E-state index is 12.0. The van der Waals surface area contributed by atoms with Crippen LogP contribution >= 0.6 is 0 Å². The van der Waals surface area contributed by atoms with E-state index in [1.165, 1.54) is 0 Å². The first kappa shape index (κ1) is 21.9. The standard InChI is InChI=1S/C23H23N5O5/c1-30-16-6-5-7-17(14-16)33-15-21(29)24-12-13-32-22-11-10-20-25-26-23(28(20)27-22)18-8-3-4-9-19(18)31-2/h3-11,14H,12-13,15H2,1-2H3,(H,24,29). The number of rotatable bonds is 10. The zero-order valence-corrected chi connectivity index (χ0v) is 18.2. The summed E-state index contributed by atoms with van der Waals surface area (Å²) in [6.07, 6.45) is 0. The van der Waals surface area contributed by atoms with Crippen LogP contribution in [-0.4, -0.2) is 59.7 Å². The van der Waals surface area contributed by atoms with E-state index < -0.39 is 0 Å². The molecule has 4 rings (SSSR count). The average Bonchev–Trinajstić information content (AvgIpc) is 3.28. The van der Waals surface area contributed by atoms with E-state index >= 15 is 0 Å². The van der Waals surface area contributed by atoms with E-state index in [1.54, 1.807) is 55.1 Å². The lowest BCUT2D eigenvalue weighted by Gasteiger charge is -2.10. The Bertz CT molecular complexity index is 1240. The second-order valence-electron chi connectivity index (χ2n) is 6.83. The highest BCUT2D eigenvalue weighted by molar-refractivity contribution is 5.77. The number of para-hydroxylation sites is 1. The van der Waals surface area contributed by atoms with Crippen LogP contribution in [0, 0.1) is 0 Å². The van der Waals surface area contributed by atoms with Crippen molar-refractivity contribution in [1.82, 2.24) is 25.1 Å². The molecule has 0 aliphatic carbocycles. The zero-order chi connectivity index (χ0) is 23.0. The van der Waals surface area contributed by atoms with Gasteiger partial charge < -0.3 is 24.3 Å². The molecule has 10 nitrogen and oxygen atoms in total. The van der Waals surface area contributed by atoms with Crippen LogP contribution in [0.25, 0.3) is 17.0 Å². The Labute approximate surface area is 190 Å². The van der Waals surface area contributed by atoms with Crippen LogP contribution in [0.3, 0.4) is 0 Å². The Morgan fingerprint density at radius 2 is 1.79 bits per heavy atom. The lowest BCUT2D eigenvalue weighted by atomic mass is 10.2. The molecule has 0 bridgehead atoms. The molecular formula is C23H23N5O5. The Hall–Kier alpha value is -4.34. The van der Waals surface area contributed by atoms with Crippen molar-refractivity contribution in [1.29, 1.82) is 0 Å². The second kappa shape index (κ2) is 10.3. The fraction of sp³-hybridized carbons (Fsp3) is 0.217. The Balaban J connectivity index is 1.31. The zero-order valence-electron chi connectivity index (χ0n) is 18.2. The van der Waals surface area contributed by atoms with Gasteiger partial charge >= 0.3 is 0 Å². The Morgan fingerprint density at radius 1 is 0.939 bits per heavy atom. The van der Waals surface area contributed by atoms with Crippen molar-refractivity contribution in [3.63, 3.8) is 0 Å². The van der Waals surface area contributed by atoms with Gasteiger partial charge in [0.1, 0.15) is 23.9 Å². The maximum Gasteiger partial charge on any atom is 0.258 e. The molecule has 2 aromatic carbocycles. The first-order valence-electron chi connectivity index (χ1n) is 10.2. The van der Waals surface area contributed by atoms with E-state index in [9.17, 15) is 4.79 Å². The van der Waals surface area contributed by atoms with Gasteiger partial charge in [-0.3, -0.25) is 4.79 Å². The lowest BCUT2D eigenvalue weighted by molar-refractivity contribution is -0.123. The third-order valence-electron chi connectivity index (χ3n) is 4.67. The highest BCUT2D eigenvalue weighted by Crippen LogP contribution is 2.28. The fourth-order valence-electron chi connectivity index (χ4n) is 3.08. The number of methoxy groups -OCH3 is 2. The number of benzene rings is 2. The van der Waals surface area contributed by atoms with Crippen LogP contribution < -0.4 is 24.3 Å². The Morgan fingerprint density at radius 3 is 2.64 bits per heavy atom. The first-order chi connectivity index (χ1) is 16.2. The smallest absolute Gasteiger partial charge is 0.258 e. The van der Waals surface area contributed by atoms with Crippen molar-refractivity contribution >= 4 is 11.6 Å². The third-order valence-corrected chi connectivity index (χ3v) is 4.67. The first-order valence-corrected chi connectivity index (χ1v) is 10.2. The normalized spacial score (nSPS) is 10.6. The van der Waals surface area contributed by atoms with Crippen LogP contribution in [0.5, 0.6) is 23.1 Å². The number of fused-ring (bicyclic) bond motifs is 1. The molecule has 0 saturated carbocycles. The number of aromatic nitrogens is 4. The summed E-state index contributed by atoms with van der Waals surface area (Å²) in [5.74, 6) is 2.53. The van der Waals surface area contributed by atoms with Crippen molar-refractivity contribution in [2.24, 2.45) is 0 Å². The monoisotopic (exact) mass is 449 g/mol. The number of amides is 1. The topological polar surface area (TPSA) is 109 Å². The SMILES string of the molecule is COc1cccc(OCC(=O)NCCOc2ccc3nnc(-c4ccccc4OC)n3n2)c1. The van der Waals surface area contributed by atoms with Crippen LogP contribution in [0.1, 0.15) is 0 Å². The summed E-state index contributed by atoms with van der Waals surface area (Å²) in [4.78, 5) is 12.0. The number of hydrogen-bond acceptors (Lipinski definition) is 8. The molecule has 0 atom stereocenters. The largest absolute Gasteiger partial charge is 0.497 e. The molecule has 0 radical (unpaired) electrons. The van der Waals surface area contributed by atoms with E-state index in [4.69, 9.17) is 18.9 Å². The summed E-state index contributed by atoms with van der Waals surface area (Å²) in [6, 6.07) is 18.0. The van der Waals surface area contributed by atoms with E-state index in [0.717, 1.165) is 5.56 Å². The van der Waals surface area contributed by atoms with Gasteiger partial charge in [0.05, 0.1) is 26.3 Å². The van der Waals surface area contributed by atoms with E-state index in [-0.39, 0.29) is 19.1 Å². The van der Waals surface area contributed by atoms with Crippen molar-refractivity contribution in [3.05, 3.63) is 60.7 Å². The minimum atomic E-state index is -0.262. The molecule has 0 fully saturated rings. The van der Waals surface area contributed by atoms with Gasteiger partial charge in [-0.05, 0) is 30.3 Å². The van der Waals surface area contributed by atoms with Gasteiger partial charge in [0.25, 0.3) is 5.91 Å². The number of nitrogens with zero attached hydrogens (tertiary/aromatic N) is 4. The number of hydrogen-bond donors (Lipinski definition) is 1. The molecule has 0 saturated heterocycles. The van der Waals surface area contributed by atoms with Crippen LogP contribution in [0.2, 0.25) is 0 Å². The molecule has 1 N–H and O–H groups in total. The van der Waals surface area contributed by atoms with Gasteiger partial charge in [0, 0.05) is 12.1 Å². The van der Waals surface area contributed by atoms with Crippen LogP contribution in [0.4, 0.5) is 0 Å². The number of carbonyl (C=O) groups is 1. The number of nitrogens with one attached hydrogen (secondary N) is 1. The van der Waals surface area contributed by atoms with Gasteiger partial charge in [-0.2, -0.15) is 4.52 Å². The summed E-state index contributed by atoms with van der Waals surface area (Å²) < 4.78 is 23.3. The molecule has 0 unspecified atom stereocenters. The van der Waals surface area contributed by atoms with Gasteiger partial charge in [-0.15, -0.1) is 15.3 Å². The van der Waals surface area contributed by atoms with E-state index in [2.05, 4.69) is 20.6 Å². The second-order valence-corrected chi connectivity index (χ2v) is 6.83. The van der Waals surface area contributed by atoms with Crippen LogP contribution in [-0.2, 0) is 4.79 Å². The van der Waals surface area contributed by atoms with Gasteiger partial charge in [-0.25, -0.2) is 0 Å². The van der Waals surface area contributed by atoms with Gasteiger partial charge in [-0.1, -0.05) is 18.2 Å². The molecule has 2 heterocycles. The molecule has 0 spiro atoms. The molecule has 10 heteroatoms. The predicted octanol–water partition coefficient (Wildman–Crippen LogP) is 2.38. The maximum absolute atomic E-state index is 12.0. The highest BCUT2D eigenvalue weighted by Gasteiger charge is 2.14. The van der Waals surface area contributed by atoms with Crippen molar-refractivity contribution in [2.45, 2.75) is 0 Å². The predicted molar refractivity (Wildman–Crippen MR) is 120 cm³/mol. The molecule has 170 valence electrons. The third kappa shape index (κ3) is 5.29. The van der Waals surface area contributed by atoms with Crippen molar-refractivity contribution in [3.8, 4) is 34.5 Å². The summed E-state index contributed by atoms with van der Waals surface area (Å²) in [7, 11) is 3.17. The van der Waals surface area contributed by atoms with Crippen molar-refractivity contribution in [2.75, 3.05) is 34.0 Å². The molecular weight excluding hydrogens is 426 g/mol. The summed E-state index contributed by atoms with van der Waals surface area (Å²) in [5.41, 5.74) is 1.34. The average molecular weight is 449 g/mol. The quantitative estimate of drug-likeness (QED) is 0.368. The number of ether oxygens (including phenoxy) is 4. The molecule has 2 aromatic heterocycles. The molecule has 1 amide bonds. The lowest BCUT2D eigenvalue weighted by Crippen LogP contribution is -2.32. The van der Waals surface area contributed by atoms with Crippen molar-refractivity contribution < 1.29 is 23.7 Å². The molecule has 0 aliphatic heterocycles. The minimum absolute atomic E-state index is 0.111. The van der Waals surface area contributed by atoms with E-state index in [1.807, 2.05) is 24.3 Å². The Kier molecular flexibility index (Phi) is 6.84. The summed E-state index contributed by atoms with van der Waals surface area (Å²) in [6.45, 7) is 0.414. The summed E-state index contributed by atoms with van der Waals surface area (Å²) in [5, 5.41) is 15.6. The minimum Gasteiger partial charge on any atom is -0.497 e.